The van der Waals surface area contributed by atoms with Crippen molar-refractivity contribution in [3.63, 3.8) is 0 Å². The highest BCUT2D eigenvalue weighted by Gasteiger charge is 2.37. The van der Waals surface area contributed by atoms with E-state index in [0.717, 1.165) is 16.0 Å². The number of nitrogens with one attached hydrogen (secondary N) is 1. The van der Waals surface area contributed by atoms with Crippen molar-refractivity contribution in [1.29, 1.82) is 5.26 Å². The van der Waals surface area contributed by atoms with Crippen molar-refractivity contribution in [2.45, 2.75) is 20.5 Å². The molecule has 0 unspecified atom stereocenters. The van der Waals surface area contributed by atoms with Crippen LogP contribution in [0.4, 0.5) is 10.5 Å². The highest BCUT2D eigenvalue weighted by molar-refractivity contribution is 6.40. The molecule has 0 saturated carbocycles. The number of halogens is 2. The minimum Gasteiger partial charge on any atom is -0.486 e. The largest absolute Gasteiger partial charge is 0.486 e. The predicted molar refractivity (Wildman–Crippen MR) is 137 cm³/mol. The minimum atomic E-state index is -0.829. The van der Waals surface area contributed by atoms with Gasteiger partial charge in [-0.2, -0.15) is 5.26 Å². The Hall–Kier alpha value is -4.12. The van der Waals surface area contributed by atoms with Crippen molar-refractivity contribution in [3.05, 3.63) is 98.0 Å². The lowest BCUT2D eigenvalue weighted by molar-refractivity contribution is -0.122. The standard InChI is InChI=1S/C27H19Cl2N3O4/c1-15-7-16(2)9-20(8-15)32-26(34)21(25(33)31-27(32)35)10-17-11-22(28)24(23(29)12-17)36-14-19-6-4-3-5-18(19)13-30/h3-12H,14H2,1-2H3,(H,31,33,35)/b21-10+. The Balaban J connectivity index is 1.63. The van der Waals surface area contributed by atoms with Gasteiger partial charge in [0.15, 0.2) is 5.75 Å². The van der Waals surface area contributed by atoms with Crippen LogP contribution in [0.3, 0.4) is 0 Å². The van der Waals surface area contributed by atoms with Crippen molar-refractivity contribution in [2.75, 3.05) is 4.90 Å². The molecule has 0 radical (unpaired) electrons. The van der Waals surface area contributed by atoms with Crippen molar-refractivity contribution in [3.8, 4) is 11.8 Å². The summed E-state index contributed by atoms with van der Waals surface area (Å²) in [6.45, 7) is 3.76. The molecule has 0 bridgehead atoms. The Bertz CT molecular complexity index is 1450. The molecule has 180 valence electrons. The number of barbiturate groups is 1. The topological polar surface area (TPSA) is 99.5 Å². The van der Waals surface area contributed by atoms with Crippen LogP contribution in [0.1, 0.15) is 27.8 Å². The van der Waals surface area contributed by atoms with E-state index in [1.807, 2.05) is 19.9 Å². The quantitative estimate of drug-likeness (QED) is 0.342. The summed E-state index contributed by atoms with van der Waals surface area (Å²) in [4.78, 5) is 39.1. The molecule has 1 saturated heterocycles. The average molecular weight is 520 g/mol. The number of aryl methyl sites for hydroxylation is 2. The minimum absolute atomic E-state index is 0.0669. The molecule has 1 aliphatic heterocycles. The van der Waals surface area contributed by atoms with Crippen LogP contribution >= 0.6 is 23.2 Å². The van der Waals surface area contributed by atoms with Crippen LogP contribution < -0.4 is 15.0 Å². The zero-order valence-electron chi connectivity index (χ0n) is 19.3. The Morgan fingerprint density at radius 1 is 1.00 bits per heavy atom. The van der Waals surface area contributed by atoms with Gasteiger partial charge in [0.2, 0.25) is 0 Å². The van der Waals surface area contributed by atoms with Gasteiger partial charge in [0, 0.05) is 5.56 Å². The third kappa shape index (κ3) is 5.10. The maximum atomic E-state index is 13.2. The molecule has 0 aromatic heterocycles. The molecular formula is C27H19Cl2N3O4. The van der Waals surface area contributed by atoms with Crippen LogP contribution in [-0.4, -0.2) is 17.8 Å². The van der Waals surface area contributed by atoms with Gasteiger partial charge in [0.05, 0.1) is 27.4 Å². The van der Waals surface area contributed by atoms with Gasteiger partial charge < -0.3 is 4.74 Å². The molecule has 9 heteroatoms. The number of urea groups is 1. The summed E-state index contributed by atoms with van der Waals surface area (Å²) in [5.74, 6) is -1.40. The second-order valence-electron chi connectivity index (χ2n) is 8.18. The van der Waals surface area contributed by atoms with E-state index >= 15 is 0 Å². The third-order valence-corrected chi connectivity index (χ3v) is 5.97. The molecule has 1 aliphatic rings. The fourth-order valence-corrected chi connectivity index (χ4v) is 4.46. The maximum Gasteiger partial charge on any atom is 0.335 e. The van der Waals surface area contributed by atoms with Gasteiger partial charge in [-0.25, -0.2) is 9.69 Å². The maximum absolute atomic E-state index is 13.2. The molecule has 1 fully saturated rings. The Morgan fingerprint density at radius 3 is 2.28 bits per heavy atom. The van der Waals surface area contributed by atoms with Crippen LogP contribution in [0.25, 0.3) is 6.08 Å². The first-order valence-electron chi connectivity index (χ1n) is 10.8. The lowest BCUT2D eigenvalue weighted by Crippen LogP contribution is -2.54. The SMILES string of the molecule is Cc1cc(C)cc(N2C(=O)NC(=O)/C(=C\c3cc(Cl)c(OCc4ccccc4C#N)c(Cl)c3)C2=O)c1. The van der Waals surface area contributed by atoms with Gasteiger partial charge in [0.1, 0.15) is 12.2 Å². The number of amides is 4. The summed E-state index contributed by atoms with van der Waals surface area (Å²) < 4.78 is 5.76. The summed E-state index contributed by atoms with van der Waals surface area (Å²) in [5.41, 5.74) is 3.32. The van der Waals surface area contributed by atoms with Crippen LogP contribution in [-0.2, 0) is 16.2 Å². The number of ether oxygens (including phenoxy) is 1. The number of rotatable bonds is 5. The Kier molecular flexibility index (Phi) is 7.11. The molecule has 4 rings (SSSR count). The van der Waals surface area contributed by atoms with E-state index < -0.39 is 17.8 Å². The number of nitriles is 1. The number of nitrogens with zero attached hydrogens (tertiary/aromatic N) is 2. The summed E-state index contributed by atoms with van der Waals surface area (Å²) in [6.07, 6.45) is 1.31. The zero-order chi connectivity index (χ0) is 26.0. The number of imide groups is 2. The van der Waals surface area contributed by atoms with Crippen LogP contribution in [0.2, 0.25) is 10.0 Å². The van der Waals surface area contributed by atoms with E-state index in [9.17, 15) is 19.6 Å². The van der Waals surface area contributed by atoms with Crippen LogP contribution in [0.15, 0.2) is 60.2 Å². The van der Waals surface area contributed by atoms with Crippen LogP contribution in [0.5, 0.6) is 5.75 Å². The molecular weight excluding hydrogens is 501 g/mol. The molecule has 4 amide bonds. The second-order valence-corrected chi connectivity index (χ2v) is 8.99. The molecule has 1 heterocycles. The average Bonchev–Trinajstić information content (AvgIpc) is 2.80. The van der Waals surface area contributed by atoms with Crippen molar-refractivity contribution >= 4 is 52.8 Å². The Morgan fingerprint density at radius 2 is 1.64 bits per heavy atom. The van der Waals surface area contributed by atoms with E-state index in [0.29, 0.717) is 22.4 Å². The smallest absolute Gasteiger partial charge is 0.335 e. The lowest BCUT2D eigenvalue weighted by Gasteiger charge is -2.27. The zero-order valence-corrected chi connectivity index (χ0v) is 20.8. The van der Waals surface area contributed by atoms with Crippen LogP contribution in [0, 0.1) is 25.2 Å². The number of benzene rings is 3. The van der Waals surface area contributed by atoms with Crippen molar-refractivity contribution in [1.82, 2.24) is 5.32 Å². The monoisotopic (exact) mass is 519 g/mol. The highest BCUT2D eigenvalue weighted by atomic mass is 35.5. The van der Waals surface area contributed by atoms with E-state index in [4.69, 9.17) is 27.9 Å². The summed E-state index contributed by atoms with van der Waals surface area (Å²) in [7, 11) is 0. The first-order chi connectivity index (χ1) is 17.2. The van der Waals surface area contributed by atoms with Gasteiger partial charge in [-0.05, 0) is 66.9 Å². The van der Waals surface area contributed by atoms with E-state index in [1.54, 1.807) is 36.4 Å². The number of anilines is 1. The molecule has 36 heavy (non-hydrogen) atoms. The second kappa shape index (κ2) is 10.2. The number of carbonyl (C=O) groups is 3. The van der Waals surface area contributed by atoms with E-state index in [1.165, 1.54) is 18.2 Å². The molecule has 0 spiro atoms. The normalized spacial score (nSPS) is 14.6. The fourth-order valence-electron chi connectivity index (χ4n) is 3.84. The molecule has 3 aromatic rings. The van der Waals surface area contributed by atoms with Gasteiger partial charge in [-0.3, -0.25) is 14.9 Å². The third-order valence-electron chi connectivity index (χ3n) is 5.41. The van der Waals surface area contributed by atoms with Crippen molar-refractivity contribution in [2.24, 2.45) is 0 Å². The molecule has 0 aliphatic carbocycles. The summed E-state index contributed by atoms with van der Waals surface area (Å²) in [6, 6.07) is 16.5. The summed E-state index contributed by atoms with van der Waals surface area (Å²) >= 11 is 12.8. The van der Waals surface area contributed by atoms with E-state index in [-0.39, 0.29) is 28.0 Å². The highest BCUT2D eigenvalue weighted by Crippen LogP contribution is 2.36. The van der Waals surface area contributed by atoms with Gasteiger partial charge >= 0.3 is 6.03 Å². The number of carbonyl (C=O) groups excluding carboxylic acids is 3. The van der Waals surface area contributed by atoms with Crippen molar-refractivity contribution < 1.29 is 19.1 Å². The van der Waals surface area contributed by atoms with Gasteiger partial charge in [-0.15, -0.1) is 0 Å². The van der Waals surface area contributed by atoms with Gasteiger partial charge in [-0.1, -0.05) is 47.5 Å². The Labute approximate surface area is 217 Å². The number of hydrogen-bond donors (Lipinski definition) is 1. The molecule has 3 aromatic carbocycles. The summed E-state index contributed by atoms with van der Waals surface area (Å²) in [5, 5.41) is 11.7. The molecule has 7 nitrogen and oxygen atoms in total. The first kappa shape index (κ1) is 25.0. The predicted octanol–water partition coefficient (Wildman–Crippen LogP) is 5.73. The van der Waals surface area contributed by atoms with E-state index in [2.05, 4.69) is 11.4 Å². The molecule has 0 atom stereocenters. The lowest BCUT2D eigenvalue weighted by atomic mass is 10.1. The fraction of sp³-hybridized carbons (Fsp3) is 0.111. The molecule has 1 N–H and O–H groups in total. The number of hydrogen-bond acceptors (Lipinski definition) is 5. The van der Waals surface area contributed by atoms with Gasteiger partial charge in [0.25, 0.3) is 11.8 Å². The first-order valence-corrected chi connectivity index (χ1v) is 11.5.